The molecule has 0 aromatic heterocycles. The van der Waals surface area contributed by atoms with Crippen LogP contribution in [0.2, 0.25) is 0 Å². The van der Waals surface area contributed by atoms with Crippen LogP contribution in [0.1, 0.15) is 28.3 Å². The molecule has 0 spiro atoms. The molecule has 3 nitrogen and oxygen atoms in total. The van der Waals surface area contributed by atoms with Crippen LogP contribution in [0.5, 0.6) is 0 Å². The topological polar surface area (TPSA) is 41.5 Å². The minimum Gasteiger partial charge on any atom is -0.394 e. The highest BCUT2D eigenvalue weighted by Crippen LogP contribution is 2.32. The summed E-state index contributed by atoms with van der Waals surface area (Å²) >= 11 is 0. The Morgan fingerprint density at radius 2 is 1.50 bits per heavy atom. The Balaban J connectivity index is 1.82. The molecule has 0 unspecified atom stereocenters. The van der Waals surface area contributed by atoms with Gasteiger partial charge in [0.25, 0.3) is 0 Å². The maximum atomic E-state index is 8.77. The molecule has 0 saturated heterocycles. The van der Waals surface area contributed by atoms with Gasteiger partial charge in [0.1, 0.15) is 0 Å². The van der Waals surface area contributed by atoms with Gasteiger partial charge in [-0.1, -0.05) is 48.5 Å². The lowest BCUT2D eigenvalue weighted by Crippen LogP contribution is -2.27. The van der Waals surface area contributed by atoms with Gasteiger partial charge in [0.05, 0.1) is 25.9 Å². The van der Waals surface area contributed by atoms with Crippen molar-refractivity contribution in [2.75, 3.05) is 26.4 Å². The average molecular weight is 297 g/mol. The highest BCUT2D eigenvalue weighted by Gasteiger charge is 2.22. The SMILES string of the molecule is OCCOCCNC1c2ccccc2CCc2ccccc21. The molecule has 0 heterocycles. The Hall–Kier alpha value is -1.68. The number of nitrogens with one attached hydrogen (secondary N) is 1. The molecule has 1 aliphatic rings. The molecular formula is C19H23NO2. The summed E-state index contributed by atoms with van der Waals surface area (Å²) in [5.41, 5.74) is 5.59. The first-order valence-electron chi connectivity index (χ1n) is 7.97. The molecule has 0 fully saturated rings. The van der Waals surface area contributed by atoms with Gasteiger partial charge >= 0.3 is 0 Å². The fourth-order valence-electron chi connectivity index (χ4n) is 3.19. The van der Waals surface area contributed by atoms with Crippen LogP contribution in [-0.4, -0.2) is 31.5 Å². The van der Waals surface area contributed by atoms with Crippen LogP contribution in [0.15, 0.2) is 48.5 Å². The van der Waals surface area contributed by atoms with Crippen molar-refractivity contribution in [1.29, 1.82) is 0 Å². The lowest BCUT2D eigenvalue weighted by molar-refractivity contribution is 0.0931. The zero-order valence-electron chi connectivity index (χ0n) is 12.8. The van der Waals surface area contributed by atoms with Gasteiger partial charge in [-0.3, -0.25) is 0 Å². The van der Waals surface area contributed by atoms with E-state index in [0.717, 1.165) is 19.4 Å². The predicted molar refractivity (Wildman–Crippen MR) is 88.0 cm³/mol. The van der Waals surface area contributed by atoms with E-state index in [2.05, 4.69) is 53.8 Å². The van der Waals surface area contributed by atoms with Gasteiger partial charge in [0.15, 0.2) is 0 Å². The fraction of sp³-hybridized carbons (Fsp3) is 0.368. The average Bonchev–Trinajstić information content (AvgIpc) is 2.72. The van der Waals surface area contributed by atoms with Crippen LogP contribution in [0.4, 0.5) is 0 Å². The third-order valence-electron chi connectivity index (χ3n) is 4.23. The number of aliphatic hydroxyl groups excluding tert-OH is 1. The van der Waals surface area contributed by atoms with E-state index in [1.165, 1.54) is 22.3 Å². The first kappa shape index (κ1) is 15.2. The molecule has 0 aliphatic heterocycles. The fourth-order valence-corrected chi connectivity index (χ4v) is 3.19. The molecular weight excluding hydrogens is 274 g/mol. The van der Waals surface area contributed by atoms with Gasteiger partial charge < -0.3 is 15.2 Å². The number of aliphatic hydroxyl groups is 1. The number of benzene rings is 2. The van der Waals surface area contributed by atoms with Crippen molar-refractivity contribution in [1.82, 2.24) is 5.32 Å². The molecule has 2 N–H and O–H groups in total. The summed E-state index contributed by atoms with van der Waals surface area (Å²) in [5, 5.41) is 12.4. The van der Waals surface area contributed by atoms with E-state index < -0.39 is 0 Å². The first-order chi connectivity index (χ1) is 10.9. The second kappa shape index (κ2) is 7.54. The maximum absolute atomic E-state index is 8.77. The summed E-state index contributed by atoms with van der Waals surface area (Å²) in [4.78, 5) is 0. The van der Waals surface area contributed by atoms with E-state index in [9.17, 15) is 0 Å². The summed E-state index contributed by atoms with van der Waals surface area (Å²) in [5.74, 6) is 0. The highest BCUT2D eigenvalue weighted by molar-refractivity contribution is 5.44. The molecule has 0 atom stereocenters. The van der Waals surface area contributed by atoms with Crippen LogP contribution in [0, 0.1) is 0 Å². The largest absolute Gasteiger partial charge is 0.394 e. The van der Waals surface area contributed by atoms with Gasteiger partial charge in [-0.15, -0.1) is 0 Å². The lowest BCUT2D eigenvalue weighted by Gasteiger charge is -2.22. The minimum atomic E-state index is 0.0785. The summed E-state index contributed by atoms with van der Waals surface area (Å²) in [6.45, 7) is 1.86. The third kappa shape index (κ3) is 3.38. The number of aryl methyl sites for hydroxylation is 2. The van der Waals surface area contributed by atoms with Crippen LogP contribution >= 0.6 is 0 Å². The smallest absolute Gasteiger partial charge is 0.0698 e. The number of hydrogen-bond donors (Lipinski definition) is 2. The Morgan fingerprint density at radius 3 is 2.09 bits per heavy atom. The standard InChI is InChI=1S/C19H23NO2/c21-12-14-22-13-11-20-19-17-7-3-1-5-15(17)9-10-16-6-2-4-8-18(16)19/h1-8,19-21H,9-14H2. The summed E-state index contributed by atoms with van der Waals surface area (Å²) in [6, 6.07) is 17.6. The Labute approximate surface area is 131 Å². The maximum Gasteiger partial charge on any atom is 0.0698 e. The van der Waals surface area contributed by atoms with Crippen molar-refractivity contribution < 1.29 is 9.84 Å². The molecule has 0 radical (unpaired) electrons. The molecule has 3 rings (SSSR count). The normalized spacial score (nSPS) is 14.2. The quantitative estimate of drug-likeness (QED) is 0.805. The van der Waals surface area contributed by atoms with E-state index >= 15 is 0 Å². The third-order valence-corrected chi connectivity index (χ3v) is 4.23. The number of ether oxygens (including phenoxy) is 1. The number of rotatable bonds is 6. The van der Waals surface area contributed by atoms with Crippen molar-refractivity contribution in [2.45, 2.75) is 18.9 Å². The second-order valence-corrected chi connectivity index (χ2v) is 5.62. The zero-order valence-corrected chi connectivity index (χ0v) is 12.8. The van der Waals surface area contributed by atoms with Gasteiger partial charge in [0, 0.05) is 6.54 Å². The summed E-state index contributed by atoms with van der Waals surface area (Å²) in [6.07, 6.45) is 2.18. The number of fused-ring (bicyclic) bond motifs is 2. The van der Waals surface area contributed by atoms with Crippen LogP contribution in [-0.2, 0) is 17.6 Å². The minimum absolute atomic E-state index is 0.0785. The molecule has 0 amide bonds. The monoisotopic (exact) mass is 297 g/mol. The van der Waals surface area contributed by atoms with Crippen molar-refractivity contribution >= 4 is 0 Å². The van der Waals surface area contributed by atoms with Gasteiger partial charge in [-0.2, -0.15) is 0 Å². The first-order valence-corrected chi connectivity index (χ1v) is 7.97. The van der Waals surface area contributed by atoms with Crippen molar-refractivity contribution in [2.24, 2.45) is 0 Å². The second-order valence-electron chi connectivity index (χ2n) is 5.62. The Morgan fingerprint density at radius 1 is 0.909 bits per heavy atom. The summed E-state index contributed by atoms with van der Waals surface area (Å²) < 4.78 is 5.37. The van der Waals surface area contributed by atoms with Crippen molar-refractivity contribution in [3.63, 3.8) is 0 Å². The van der Waals surface area contributed by atoms with Gasteiger partial charge in [-0.05, 0) is 35.1 Å². The number of hydrogen-bond acceptors (Lipinski definition) is 3. The lowest BCUT2D eigenvalue weighted by atomic mass is 9.95. The molecule has 1 aliphatic carbocycles. The van der Waals surface area contributed by atoms with E-state index in [4.69, 9.17) is 9.84 Å². The zero-order chi connectivity index (χ0) is 15.2. The van der Waals surface area contributed by atoms with E-state index in [1.54, 1.807) is 0 Å². The highest BCUT2D eigenvalue weighted by atomic mass is 16.5. The Bertz CT molecular complexity index is 564. The van der Waals surface area contributed by atoms with Crippen LogP contribution in [0.25, 0.3) is 0 Å². The summed E-state index contributed by atoms with van der Waals surface area (Å²) in [7, 11) is 0. The predicted octanol–water partition coefficient (Wildman–Crippen LogP) is 2.47. The molecule has 116 valence electrons. The van der Waals surface area contributed by atoms with Gasteiger partial charge in [0.2, 0.25) is 0 Å². The molecule has 0 saturated carbocycles. The van der Waals surface area contributed by atoms with E-state index in [0.29, 0.717) is 13.2 Å². The van der Waals surface area contributed by atoms with E-state index in [1.807, 2.05) is 0 Å². The molecule has 22 heavy (non-hydrogen) atoms. The van der Waals surface area contributed by atoms with Gasteiger partial charge in [-0.25, -0.2) is 0 Å². The molecule has 3 heteroatoms. The Kier molecular flexibility index (Phi) is 5.22. The molecule has 2 aromatic rings. The van der Waals surface area contributed by atoms with E-state index in [-0.39, 0.29) is 12.6 Å². The van der Waals surface area contributed by atoms with Crippen molar-refractivity contribution in [3.8, 4) is 0 Å². The van der Waals surface area contributed by atoms with Crippen LogP contribution < -0.4 is 5.32 Å². The van der Waals surface area contributed by atoms with Crippen molar-refractivity contribution in [3.05, 3.63) is 70.8 Å². The molecule has 2 aromatic carbocycles. The van der Waals surface area contributed by atoms with Crippen LogP contribution in [0.3, 0.4) is 0 Å². The molecule has 0 bridgehead atoms.